The van der Waals surface area contributed by atoms with E-state index < -0.39 is 4.92 Å². The van der Waals surface area contributed by atoms with Crippen LogP contribution in [0.5, 0.6) is 11.5 Å². The highest BCUT2D eigenvalue weighted by atomic mass is 16.6. The molecule has 0 unspecified atom stereocenters. The third-order valence-corrected chi connectivity index (χ3v) is 3.82. The van der Waals surface area contributed by atoms with Crippen LogP contribution in [0.3, 0.4) is 0 Å². The number of para-hydroxylation sites is 2. The molecule has 1 N–H and O–H groups in total. The minimum atomic E-state index is -0.494. The van der Waals surface area contributed by atoms with Crippen LogP contribution in [-0.4, -0.2) is 24.0 Å². The number of hydrogen-bond donors (Lipinski definition) is 1. The van der Waals surface area contributed by atoms with E-state index in [4.69, 9.17) is 9.47 Å². The Labute approximate surface area is 161 Å². The summed E-state index contributed by atoms with van der Waals surface area (Å²) in [7, 11) is 0. The van der Waals surface area contributed by atoms with E-state index in [0.717, 1.165) is 5.75 Å². The molecule has 0 aliphatic carbocycles. The third-order valence-electron chi connectivity index (χ3n) is 3.82. The quantitative estimate of drug-likeness (QED) is 0.358. The lowest BCUT2D eigenvalue weighted by Crippen LogP contribution is -2.15. The maximum absolute atomic E-state index is 12.6. The second kappa shape index (κ2) is 9.18. The van der Waals surface area contributed by atoms with Crippen LogP contribution in [0.2, 0.25) is 0 Å². The van der Waals surface area contributed by atoms with Crippen LogP contribution < -0.4 is 14.8 Å². The van der Waals surface area contributed by atoms with Gasteiger partial charge in [-0.15, -0.1) is 0 Å². The van der Waals surface area contributed by atoms with Gasteiger partial charge in [-0.2, -0.15) is 0 Å². The van der Waals surface area contributed by atoms with E-state index >= 15 is 0 Å². The molecule has 0 saturated heterocycles. The third kappa shape index (κ3) is 5.07. The molecule has 0 fully saturated rings. The van der Waals surface area contributed by atoms with E-state index in [-0.39, 0.29) is 18.2 Å². The van der Waals surface area contributed by atoms with Crippen molar-refractivity contribution < 1.29 is 19.2 Å². The highest BCUT2D eigenvalue weighted by Crippen LogP contribution is 2.21. The molecular weight excluding hydrogens is 360 g/mol. The van der Waals surface area contributed by atoms with Gasteiger partial charge in [0.2, 0.25) is 0 Å². The number of anilines is 1. The molecule has 7 nitrogen and oxygen atoms in total. The highest BCUT2D eigenvalue weighted by Gasteiger charge is 2.13. The zero-order valence-corrected chi connectivity index (χ0v) is 14.9. The minimum Gasteiger partial charge on any atom is -0.490 e. The van der Waals surface area contributed by atoms with Crippen molar-refractivity contribution in [2.24, 2.45) is 0 Å². The van der Waals surface area contributed by atoms with Gasteiger partial charge in [-0.05, 0) is 36.4 Å². The lowest BCUT2D eigenvalue weighted by atomic mass is 10.2. The molecule has 0 aromatic heterocycles. The molecule has 0 bridgehead atoms. The van der Waals surface area contributed by atoms with Gasteiger partial charge < -0.3 is 14.8 Å². The Morgan fingerprint density at radius 1 is 0.857 bits per heavy atom. The van der Waals surface area contributed by atoms with Crippen molar-refractivity contribution in [2.45, 2.75) is 0 Å². The van der Waals surface area contributed by atoms with Crippen LogP contribution in [0.1, 0.15) is 10.4 Å². The van der Waals surface area contributed by atoms with Crippen LogP contribution >= 0.6 is 0 Å². The Morgan fingerprint density at radius 2 is 1.50 bits per heavy atom. The van der Waals surface area contributed by atoms with E-state index in [2.05, 4.69) is 5.32 Å². The molecule has 142 valence electrons. The average Bonchev–Trinajstić information content (AvgIpc) is 2.72. The van der Waals surface area contributed by atoms with Gasteiger partial charge in [-0.3, -0.25) is 14.9 Å². The van der Waals surface area contributed by atoms with Crippen LogP contribution in [0.4, 0.5) is 11.4 Å². The average molecular weight is 378 g/mol. The number of ether oxygens (including phenoxy) is 2. The first-order valence-electron chi connectivity index (χ1n) is 8.59. The van der Waals surface area contributed by atoms with Crippen LogP contribution in [0, 0.1) is 10.1 Å². The molecule has 3 aromatic rings. The van der Waals surface area contributed by atoms with Gasteiger partial charge in [0.25, 0.3) is 11.6 Å². The predicted octanol–water partition coefficient (Wildman–Crippen LogP) is 4.30. The number of nitrogens with zero attached hydrogens (tertiary/aromatic N) is 1. The van der Waals surface area contributed by atoms with Crippen molar-refractivity contribution in [3.05, 3.63) is 94.5 Å². The number of nitrogens with one attached hydrogen (secondary N) is 1. The molecule has 0 aliphatic heterocycles. The number of non-ortho nitro benzene ring substituents is 1. The number of carbonyl (C=O) groups excluding carboxylic acids is 1. The second-order valence-corrected chi connectivity index (χ2v) is 5.76. The van der Waals surface area contributed by atoms with Gasteiger partial charge in [0.1, 0.15) is 24.7 Å². The molecule has 0 heterocycles. The molecule has 0 saturated carbocycles. The summed E-state index contributed by atoms with van der Waals surface area (Å²) < 4.78 is 11.3. The van der Waals surface area contributed by atoms with Crippen LogP contribution in [0.15, 0.2) is 78.9 Å². The molecule has 3 aromatic carbocycles. The van der Waals surface area contributed by atoms with Crippen molar-refractivity contribution in [1.29, 1.82) is 0 Å². The SMILES string of the molecule is O=C(Nc1ccc([N+](=O)[O-])cc1)c1ccccc1OCCOc1ccccc1. The summed E-state index contributed by atoms with van der Waals surface area (Å²) in [6.07, 6.45) is 0. The summed E-state index contributed by atoms with van der Waals surface area (Å²) in [5.74, 6) is 0.808. The normalized spacial score (nSPS) is 10.1. The standard InChI is InChI=1S/C21H18N2O5/c24-21(22-16-10-12-17(13-11-16)23(25)26)19-8-4-5-9-20(19)28-15-14-27-18-6-2-1-3-7-18/h1-13H,14-15H2,(H,22,24). The first-order valence-corrected chi connectivity index (χ1v) is 8.59. The van der Waals surface area contributed by atoms with Gasteiger partial charge in [0, 0.05) is 17.8 Å². The number of nitro groups is 1. The zero-order valence-electron chi connectivity index (χ0n) is 14.9. The smallest absolute Gasteiger partial charge is 0.269 e. The summed E-state index contributed by atoms with van der Waals surface area (Å²) in [5.41, 5.74) is 0.776. The molecule has 28 heavy (non-hydrogen) atoms. The zero-order chi connectivity index (χ0) is 19.8. The topological polar surface area (TPSA) is 90.7 Å². The lowest BCUT2D eigenvalue weighted by molar-refractivity contribution is -0.384. The summed E-state index contributed by atoms with van der Waals surface area (Å²) in [6.45, 7) is 0.610. The Kier molecular flexibility index (Phi) is 6.20. The van der Waals surface area contributed by atoms with E-state index in [9.17, 15) is 14.9 Å². The summed E-state index contributed by atoms with van der Waals surface area (Å²) >= 11 is 0. The fourth-order valence-corrected chi connectivity index (χ4v) is 2.47. The Morgan fingerprint density at radius 3 is 2.21 bits per heavy atom. The van der Waals surface area contributed by atoms with Crippen molar-refractivity contribution in [3.8, 4) is 11.5 Å². The number of carbonyl (C=O) groups is 1. The summed E-state index contributed by atoms with van der Waals surface area (Å²) in [5, 5.41) is 13.4. The summed E-state index contributed by atoms with van der Waals surface area (Å²) in [6, 6.07) is 21.9. The monoisotopic (exact) mass is 378 g/mol. The minimum absolute atomic E-state index is 0.0415. The number of nitro benzene ring substituents is 1. The van der Waals surface area contributed by atoms with Gasteiger partial charge >= 0.3 is 0 Å². The Hall–Kier alpha value is -3.87. The van der Waals surface area contributed by atoms with E-state index in [1.807, 2.05) is 30.3 Å². The van der Waals surface area contributed by atoms with E-state index in [0.29, 0.717) is 23.6 Å². The summed E-state index contributed by atoms with van der Waals surface area (Å²) in [4.78, 5) is 22.8. The molecule has 0 spiro atoms. The maximum atomic E-state index is 12.6. The van der Waals surface area contributed by atoms with Crippen molar-refractivity contribution in [3.63, 3.8) is 0 Å². The Balaban J connectivity index is 1.59. The van der Waals surface area contributed by atoms with Crippen molar-refractivity contribution in [1.82, 2.24) is 0 Å². The van der Waals surface area contributed by atoms with Gasteiger partial charge in [-0.25, -0.2) is 0 Å². The molecule has 0 radical (unpaired) electrons. The number of amides is 1. The first kappa shape index (κ1) is 18.9. The molecule has 3 rings (SSSR count). The van der Waals surface area contributed by atoms with Crippen molar-refractivity contribution >= 4 is 17.3 Å². The highest BCUT2D eigenvalue weighted by molar-refractivity contribution is 6.06. The number of hydrogen-bond acceptors (Lipinski definition) is 5. The fourth-order valence-electron chi connectivity index (χ4n) is 2.47. The van der Waals surface area contributed by atoms with Gasteiger partial charge in [0.15, 0.2) is 0 Å². The fraction of sp³-hybridized carbons (Fsp3) is 0.0952. The van der Waals surface area contributed by atoms with Crippen LogP contribution in [0.25, 0.3) is 0 Å². The predicted molar refractivity (Wildman–Crippen MR) is 105 cm³/mol. The van der Waals surface area contributed by atoms with Crippen molar-refractivity contribution in [2.75, 3.05) is 18.5 Å². The van der Waals surface area contributed by atoms with Gasteiger partial charge in [-0.1, -0.05) is 30.3 Å². The maximum Gasteiger partial charge on any atom is 0.269 e. The molecule has 1 amide bonds. The lowest BCUT2D eigenvalue weighted by Gasteiger charge is -2.12. The Bertz CT molecular complexity index is 943. The first-order chi connectivity index (χ1) is 13.6. The molecule has 0 aliphatic rings. The van der Waals surface area contributed by atoms with Gasteiger partial charge in [0.05, 0.1) is 10.5 Å². The second-order valence-electron chi connectivity index (χ2n) is 5.76. The largest absolute Gasteiger partial charge is 0.490 e. The number of benzene rings is 3. The van der Waals surface area contributed by atoms with E-state index in [1.54, 1.807) is 24.3 Å². The molecular formula is C21H18N2O5. The van der Waals surface area contributed by atoms with Crippen LogP contribution in [-0.2, 0) is 0 Å². The molecule has 0 atom stereocenters. The molecule has 7 heteroatoms. The van der Waals surface area contributed by atoms with E-state index in [1.165, 1.54) is 24.3 Å². The number of rotatable bonds is 8.